The van der Waals surface area contributed by atoms with Gasteiger partial charge in [0.25, 0.3) is 0 Å². The first-order valence-corrected chi connectivity index (χ1v) is 11.6. The lowest BCUT2D eigenvalue weighted by Crippen LogP contribution is -2.47. The molecule has 3 heteroatoms. The summed E-state index contributed by atoms with van der Waals surface area (Å²) in [6.07, 6.45) is 8.24. The molecule has 2 aromatic rings. The molecule has 0 aliphatic rings. The Hall–Kier alpha value is -1.32. The van der Waals surface area contributed by atoms with Crippen molar-refractivity contribution in [2.24, 2.45) is 0 Å². The number of hydrogen-bond donors (Lipinski definition) is 0. The number of benzene rings is 1. The van der Waals surface area contributed by atoms with Crippen LogP contribution in [-0.4, -0.2) is 55.8 Å². The molecule has 0 bridgehead atoms. The van der Waals surface area contributed by atoms with E-state index in [0.29, 0.717) is 0 Å². The lowest BCUT2D eigenvalue weighted by atomic mass is 10.1. The zero-order valence-electron chi connectivity index (χ0n) is 19.2. The van der Waals surface area contributed by atoms with Crippen molar-refractivity contribution in [1.82, 2.24) is 0 Å². The predicted octanol–water partition coefficient (Wildman–Crippen LogP) is 6.23. The highest BCUT2D eigenvalue weighted by Crippen LogP contribution is 2.23. The van der Waals surface area contributed by atoms with E-state index in [-0.39, 0.29) is 0 Å². The number of furan rings is 1. The third kappa shape index (κ3) is 6.93. The molecular weight excluding hydrogens is 344 g/mol. The minimum Gasteiger partial charge on any atom is -0.455 e. The quantitative estimate of drug-likeness (QED) is 0.276. The van der Waals surface area contributed by atoms with Gasteiger partial charge in [-0.3, -0.25) is 0 Å². The van der Waals surface area contributed by atoms with Crippen molar-refractivity contribution < 1.29 is 13.4 Å². The van der Waals surface area contributed by atoms with Gasteiger partial charge in [0, 0.05) is 5.39 Å². The standard InChI is InChI=1S/C25H44N2O/c1-6-26(4,5)19-15-11-9-10-12-16-20-27(7-2,8-3)22-24-21-23-17-13-14-18-25(23)28-24/h13-14,17-18,21H,6-12,15-16,19-20,22H2,1-5H3/q+2. The zero-order valence-corrected chi connectivity index (χ0v) is 19.2. The fourth-order valence-corrected chi connectivity index (χ4v) is 4.14. The predicted molar refractivity (Wildman–Crippen MR) is 121 cm³/mol. The molecule has 1 aromatic heterocycles. The number of quaternary nitrogens is 2. The molecule has 1 aromatic carbocycles. The van der Waals surface area contributed by atoms with E-state index in [1.54, 1.807) is 0 Å². The number of rotatable bonds is 14. The van der Waals surface area contributed by atoms with Gasteiger partial charge < -0.3 is 13.4 Å². The Morgan fingerprint density at radius 3 is 1.96 bits per heavy atom. The van der Waals surface area contributed by atoms with Crippen LogP contribution in [0.25, 0.3) is 11.0 Å². The first kappa shape index (κ1) is 23.0. The van der Waals surface area contributed by atoms with Gasteiger partial charge in [-0.25, -0.2) is 0 Å². The summed E-state index contributed by atoms with van der Waals surface area (Å²) in [5, 5.41) is 1.23. The lowest BCUT2D eigenvalue weighted by Gasteiger charge is -2.36. The molecule has 0 radical (unpaired) electrons. The Kier molecular flexibility index (Phi) is 9.04. The van der Waals surface area contributed by atoms with Crippen LogP contribution in [0.3, 0.4) is 0 Å². The molecule has 0 aliphatic carbocycles. The minimum atomic E-state index is 1.02. The van der Waals surface area contributed by atoms with Crippen molar-refractivity contribution in [2.75, 3.05) is 46.8 Å². The third-order valence-electron chi connectivity index (χ3n) is 6.81. The van der Waals surface area contributed by atoms with E-state index in [4.69, 9.17) is 4.42 Å². The summed E-state index contributed by atoms with van der Waals surface area (Å²) < 4.78 is 8.42. The van der Waals surface area contributed by atoms with Crippen LogP contribution in [0.1, 0.15) is 65.1 Å². The summed E-state index contributed by atoms with van der Waals surface area (Å²) >= 11 is 0. The Morgan fingerprint density at radius 1 is 0.750 bits per heavy atom. The molecule has 0 spiro atoms. The van der Waals surface area contributed by atoms with Crippen LogP contribution >= 0.6 is 0 Å². The summed E-state index contributed by atoms with van der Waals surface area (Å²) in [5.41, 5.74) is 1.02. The van der Waals surface area contributed by atoms with Crippen LogP contribution in [0.2, 0.25) is 0 Å². The summed E-state index contributed by atoms with van der Waals surface area (Å²) in [7, 11) is 4.68. The molecule has 0 amide bonds. The molecule has 0 saturated heterocycles. The normalized spacial score (nSPS) is 12.8. The van der Waals surface area contributed by atoms with Crippen LogP contribution in [-0.2, 0) is 6.54 Å². The maximum absolute atomic E-state index is 6.12. The van der Waals surface area contributed by atoms with Gasteiger partial charge in [0.1, 0.15) is 12.1 Å². The van der Waals surface area contributed by atoms with Crippen molar-refractivity contribution in [1.29, 1.82) is 0 Å². The average Bonchev–Trinajstić information content (AvgIpc) is 3.11. The molecule has 0 atom stereocenters. The van der Waals surface area contributed by atoms with Crippen molar-refractivity contribution in [3.05, 3.63) is 36.1 Å². The van der Waals surface area contributed by atoms with E-state index in [1.807, 2.05) is 0 Å². The van der Waals surface area contributed by atoms with Crippen molar-refractivity contribution in [2.45, 2.75) is 65.8 Å². The highest BCUT2D eigenvalue weighted by Gasteiger charge is 2.25. The van der Waals surface area contributed by atoms with Crippen LogP contribution < -0.4 is 0 Å². The van der Waals surface area contributed by atoms with E-state index in [2.05, 4.69) is 65.2 Å². The fraction of sp³-hybridized carbons (Fsp3) is 0.680. The topological polar surface area (TPSA) is 13.1 Å². The molecule has 0 unspecified atom stereocenters. The van der Waals surface area contributed by atoms with Crippen LogP contribution in [0, 0.1) is 0 Å². The monoisotopic (exact) mass is 388 g/mol. The van der Waals surface area contributed by atoms with E-state index in [0.717, 1.165) is 26.9 Å². The van der Waals surface area contributed by atoms with Gasteiger partial charge >= 0.3 is 0 Å². The van der Waals surface area contributed by atoms with Gasteiger partial charge in [0.15, 0.2) is 5.76 Å². The maximum Gasteiger partial charge on any atom is 0.159 e. The molecule has 3 nitrogen and oxygen atoms in total. The summed E-state index contributed by atoms with van der Waals surface area (Å²) in [5.74, 6) is 1.14. The summed E-state index contributed by atoms with van der Waals surface area (Å²) in [6, 6.07) is 10.6. The number of para-hydroxylation sites is 1. The maximum atomic E-state index is 6.12. The highest BCUT2D eigenvalue weighted by molar-refractivity contribution is 5.77. The number of hydrogen-bond acceptors (Lipinski definition) is 1. The van der Waals surface area contributed by atoms with Gasteiger partial charge in [-0.05, 0) is 58.6 Å². The first-order chi connectivity index (χ1) is 13.4. The minimum absolute atomic E-state index is 1.02. The molecule has 0 N–H and O–H groups in total. The molecule has 2 rings (SSSR count). The van der Waals surface area contributed by atoms with E-state index >= 15 is 0 Å². The second kappa shape index (κ2) is 11.0. The van der Waals surface area contributed by atoms with Gasteiger partial charge in [-0.2, -0.15) is 0 Å². The molecule has 158 valence electrons. The van der Waals surface area contributed by atoms with Gasteiger partial charge in [0.05, 0.1) is 46.8 Å². The summed E-state index contributed by atoms with van der Waals surface area (Å²) in [6.45, 7) is 14.2. The van der Waals surface area contributed by atoms with Crippen LogP contribution in [0.5, 0.6) is 0 Å². The van der Waals surface area contributed by atoms with Gasteiger partial charge in [0.2, 0.25) is 0 Å². The largest absolute Gasteiger partial charge is 0.455 e. The molecule has 0 fully saturated rings. The summed E-state index contributed by atoms with van der Waals surface area (Å²) in [4.78, 5) is 0. The van der Waals surface area contributed by atoms with Gasteiger partial charge in [-0.1, -0.05) is 31.0 Å². The molecule has 1 heterocycles. The second-order valence-electron chi connectivity index (χ2n) is 9.20. The van der Waals surface area contributed by atoms with Gasteiger partial charge in [-0.15, -0.1) is 0 Å². The molecule has 28 heavy (non-hydrogen) atoms. The van der Waals surface area contributed by atoms with Crippen molar-refractivity contribution in [3.8, 4) is 0 Å². The molecule has 0 aliphatic heterocycles. The number of nitrogens with zero attached hydrogens (tertiary/aromatic N) is 2. The zero-order chi connectivity index (χ0) is 20.5. The second-order valence-corrected chi connectivity index (χ2v) is 9.20. The van der Waals surface area contributed by atoms with E-state index in [1.165, 1.54) is 76.6 Å². The van der Waals surface area contributed by atoms with Crippen molar-refractivity contribution >= 4 is 11.0 Å². The van der Waals surface area contributed by atoms with Crippen LogP contribution in [0.4, 0.5) is 0 Å². The van der Waals surface area contributed by atoms with E-state index < -0.39 is 0 Å². The Morgan fingerprint density at radius 2 is 1.36 bits per heavy atom. The number of unbranched alkanes of at least 4 members (excludes halogenated alkanes) is 5. The van der Waals surface area contributed by atoms with E-state index in [9.17, 15) is 0 Å². The lowest BCUT2D eigenvalue weighted by molar-refractivity contribution is -0.938. The van der Waals surface area contributed by atoms with Crippen molar-refractivity contribution in [3.63, 3.8) is 0 Å². The average molecular weight is 389 g/mol. The number of fused-ring (bicyclic) bond motifs is 1. The smallest absolute Gasteiger partial charge is 0.159 e. The Bertz CT molecular complexity index is 652. The SMILES string of the molecule is CC[N+](C)(C)CCCCCCCC[N+](CC)(CC)Cc1cc2ccccc2o1. The molecular formula is C25H44N2O+2. The first-order valence-electron chi connectivity index (χ1n) is 11.6. The third-order valence-corrected chi connectivity index (χ3v) is 6.81. The van der Waals surface area contributed by atoms with Crippen LogP contribution in [0.15, 0.2) is 34.7 Å². The Labute approximate surface area is 173 Å². The molecule has 0 saturated carbocycles. The highest BCUT2D eigenvalue weighted by atomic mass is 16.3. The fourth-order valence-electron chi connectivity index (χ4n) is 4.14. The Balaban J connectivity index is 1.73.